The lowest BCUT2D eigenvalue weighted by molar-refractivity contribution is -0.118. The van der Waals surface area contributed by atoms with E-state index in [0.717, 1.165) is 17.5 Å². The molecule has 0 bridgehead atoms. The predicted octanol–water partition coefficient (Wildman–Crippen LogP) is 3.73. The molecule has 34 heavy (non-hydrogen) atoms. The number of carbonyl (C=O) groups is 1. The van der Waals surface area contributed by atoms with Crippen molar-refractivity contribution in [1.82, 2.24) is 24.6 Å². The summed E-state index contributed by atoms with van der Waals surface area (Å²) in [5.41, 5.74) is 5.01. The molecule has 0 fully saturated rings. The zero-order valence-corrected chi connectivity index (χ0v) is 20.6. The molecule has 0 saturated heterocycles. The number of rotatable bonds is 9. The van der Waals surface area contributed by atoms with Crippen LogP contribution in [0.5, 0.6) is 0 Å². The molecule has 0 aliphatic heterocycles. The van der Waals surface area contributed by atoms with Gasteiger partial charge in [0.1, 0.15) is 5.52 Å². The number of hydrogen-bond acceptors (Lipinski definition) is 5. The van der Waals surface area contributed by atoms with E-state index < -0.39 is 0 Å². The average Bonchev–Trinajstić information content (AvgIpc) is 3.17. The van der Waals surface area contributed by atoms with Crippen LogP contribution in [-0.2, 0) is 24.3 Å². The molecule has 2 aromatic carbocycles. The van der Waals surface area contributed by atoms with Gasteiger partial charge in [-0.2, -0.15) is 5.10 Å². The van der Waals surface area contributed by atoms with E-state index in [1.165, 1.54) is 17.3 Å². The highest BCUT2D eigenvalue weighted by atomic mass is 32.2. The first-order valence-corrected chi connectivity index (χ1v) is 12.4. The van der Waals surface area contributed by atoms with E-state index in [-0.39, 0.29) is 17.2 Å². The summed E-state index contributed by atoms with van der Waals surface area (Å²) < 4.78 is 3.36. The van der Waals surface area contributed by atoms with Gasteiger partial charge in [0, 0.05) is 13.1 Å². The largest absolute Gasteiger partial charge is 0.355 e. The summed E-state index contributed by atoms with van der Waals surface area (Å²) >= 11 is 1.28. The van der Waals surface area contributed by atoms with E-state index in [2.05, 4.69) is 10.4 Å². The number of aromatic nitrogens is 4. The minimum atomic E-state index is -0.139. The molecule has 0 unspecified atom stereocenters. The Hall–Kier alpha value is -3.39. The number of carbonyl (C=O) groups excluding carboxylic acids is 1. The maximum atomic E-state index is 13.5. The molecular formula is C26H29N5O2S. The number of nitrogens with zero attached hydrogens (tertiary/aromatic N) is 4. The SMILES string of the molecule is CCn1nc(C)c2nc(SCC(=O)NCCc3ccccc3)n(Cc3ccc(C)cc3)c(=O)c21. The molecule has 0 atom stereocenters. The van der Waals surface area contributed by atoms with Crippen LogP contribution in [0, 0.1) is 13.8 Å². The molecule has 0 aliphatic carbocycles. The smallest absolute Gasteiger partial charge is 0.280 e. The van der Waals surface area contributed by atoms with Gasteiger partial charge in [0.25, 0.3) is 5.56 Å². The van der Waals surface area contributed by atoms with Crippen molar-refractivity contribution in [3.05, 3.63) is 87.3 Å². The summed E-state index contributed by atoms with van der Waals surface area (Å²) in [6, 6.07) is 18.1. The second-order valence-electron chi connectivity index (χ2n) is 8.24. The van der Waals surface area contributed by atoms with Crippen molar-refractivity contribution in [3.8, 4) is 0 Å². The lowest BCUT2D eigenvalue weighted by Gasteiger charge is -2.13. The van der Waals surface area contributed by atoms with E-state index in [4.69, 9.17) is 4.98 Å². The number of thioether (sulfide) groups is 1. The van der Waals surface area contributed by atoms with Crippen LogP contribution in [0.4, 0.5) is 0 Å². The van der Waals surface area contributed by atoms with Crippen molar-refractivity contribution in [2.45, 2.75) is 45.4 Å². The molecule has 4 aromatic rings. The first-order valence-electron chi connectivity index (χ1n) is 11.4. The molecule has 0 radical (unpaired) electrons. The fraction of sp³-hybridized carbons (Fsp3) is 0.308. The van der Waals surface area contributed by atoms with Crippen molar-refractivity contribution < 1.29 is 4.79 Å². The lowest BCUT2D eigenvalue weighted by atomic mass is 10.1. The Bertz CT molecular complexity index is 1340. The summed E-state index contributed by atoms with van der Waals surface area (Å²) in [4.78, 5) is 30.8. The second-order valence-corrected chi connectivity index (χ2v) is 9.19. The molecule has 7 nitrogen and oxygen atoms in total. The topological polar surface area (TPSA) is 81.8 Å². The number of amides is 1. The number of aryl methyl sites for hydroxylation is 3. The van der Waals surface area contributed by atoms with Crippen LogP contribution in [0.3, 0.4) is 0 Å². The van der Waals surface area contributed by atoms with E-state index >= 15 is 0 Å². The van der Waals surface area contributed by atoms with Crippen LogP contribution in [0.1, 0.15) is 29.3 Å². The molecule has 176 valence electrons. The van der Waals surface area contributed by atoms with E-state index in [0.29, 0.717) is 41.5 Å². The average molecular weight is 476 g/mol. The quantitative estimate of drug-likeness (QED) is 0.295. The van der Waals surface area contributed by atoms with Gasteiger partial charge in [-0.3, -0.25) is 18.8 Å². The zero-order valence-electron chi connectivity index (χ0n) is 19.7. The van der Waals surface area contributed by atoms with Crippen LogP contribution < -0.4 is 10.9 Å². The number of fused-ring (bicyclic) bond motifs is 1. The van der Waals surface area contributed by atoms with Crippen LogP contribution in [0.15, 0.2) is 64.5 Å². The van der Waals surface area contributed by atoms with Crippen LogP contribution in [0.2, 0.25) is 0 Å². The molecule has 2 heterocycles. The van der Waals surface area contributed by atoms with Gasteiger partial charge in [-0.05, 0) is 38.3 Å². The Balaban J connectivity index is 1.56. The van der Waals surface area contributed by atoms with E-state index in [1.807, 2.05) is 75.4 Å². The summed E-state index contributed by atoms with van der Waals surface area (Å²) in [5.74, 6) is 0.0971. The Morgan fingerprint density at radius 2 is 1.76 bits per heavy atom. The third kappa shape index (κ3) is 5.39. The second kappa shape index (κ2) is 10.7. The highest BCUT2D eigenvalue weighted by Crippen LogP contribution is 2.21. The minimum absolute atomic E-state index is 0.0851. The third-order valence-electron chi connectivity index (χ3n) is 5.65. The maximum absolute atomic E-state index is 13.5. The first kappa shape index (κ1) is 23.8. The van der Waals surface area contributed by atoms with Crippen molar-refractivity contribution in [1.29, 1.82) is 0 Å². The van der Waals surface area contributed by atoms with Crippen molar-refractivity contribution >= 4 is 28.7 Å². The predicted molar refractivity (Wildman–Crippen MR) is 136 cm³/mol. The molecule has 8 heteroatoms. The maximum Gasteiger partial charge on any atom is 0.280 e. The molecular weight excluding hydrogens is 446 g/mol. The lowest BCUT2D eigenvalue weighted by Crippen LogP contribution is -2.29. The van der Waals surface area contributed by atoms with Gasteiger partial charge in [-0.25, -0.2) is 4.98 Å². The zero-order chi connectivity index (χ0) is 24.1. The molecule has 0 spiro atoms. The molecule has 1 amide bonds. The first-order chi connectivity index (χ1) is 16.5. The van der Waals surface area contributed by atoms with Gasteiger partial charge in [-0.1, -0.05) is 71.9 Å². The number of hydrogen-bond donors (Lipinski definition) is 1. The summed E-state index contributed by atoms with van der Waals surface area (Å²) in [6.45, 7) is 7.38. The van der Waals surface area contributed by atoms with Gasteiger partial charge in [-0.15, -0.1) is 0 Å². The van der Waals surface area contributed by atoms with E-state index in [1.54, 1.807) is 9.25 Å². The van der Waals surface area contributed by atoms with Gasteiger partial charge in [0.05, 0.1) is 18.0 Å². The Morgan fingerprint density at radius 1 is 1.03 bits per heavy atom. The minimum Gasteiger partial charge on any atom is -0.355 e. The van der Waals surface area contributed by atoms with Crippen LogP contribution in [0.25, 0.3) is 11.0 Å². The summed E-state index contributed by atoms with van der Waals surface area (Å²) in [6.07, 6.45) is 0.773. The van der Waals surface area contributed by atoms with Gasteiger partial charge >= 0.3 is 0 Å². The molecule has 1 N–H and O–H groups in total. The fourth-order valence-corrected chi connectivity index (χ4v) is 4.64. The van der Waals surface area contributed by atoms with Gasteiger partial charge in [0.2, 0.25) is 5.91 Å². The van der Waals surface area contributed by atoms with Crippen molar-refractivity contribution in [3.63, 3.8) is 0 Å². The monoisotopic (exact) mass is 475 g/mol. The van der Waals surface area contributed by atoms with Crippen LogP contribution >= 0.6 is 11.8 Å². The highest BCUT2D eigenvalue weighted by Gasteiger charge is 2.19. The molecule has 0 aliphatic rings. The fourth-order valence-electron chi connectivity index (χ4n) is 3.81. The Labute approximate surface area is 203 Å². The standard InChI is InChI=1S/C26H29N5O2S/c1-4-31-24-23(19(3)29-31)28-26(30(25(24)33)16-21-12-10-18(2)11-13-21)34-17-22(32)27-15-14-20-8-6-5-7-9-20/h5-13H,4,14-17H2,1-3H3,(H,27,32). The van der Waals surface area contributed by atoms with Gasteiger partial charge in [0.15, 0.2) is 10.7 Å². The van der Waals surface area contributed by atoms with E-state index in [9.17, 15) is 9.59 Å². The normalized spacial score (nSPS) is 11.1. The van der Waals surface area contributed by atoms with Crippen molar-refractivity contribution in [2.75, 3.05) is 12.3 Å². The molecule has 0 saturated carbocycles. The summed E-state index contributed by atoms with van der Waals surface area (Å²) in [5, 5.41) is 7.97. The number of benzene rings is 2. The van der Waals surface area contributed by atoms with Gasteiger partial charge < -0.3 is 5.32 Å². The van der Waals surface area contributed by atoms with Crippen molar-refractivity contribution in [2.24, 2.45) is 0 Å². The molecule has 4 rings (SSSR count). The van der Waals surface area contributed by atoms with Crippen LogP contribution in [-0.4, -0.2) is 37.5 Å². The third-order valence-corrected chi connectivity index (χ3v) is 6.63. The Morgan fingerprint density at radius 3 is 2.47 bits per heavy atom. The number of nitrogens with one attached hydrogen (secondary N) is 1. The molecule has 2 aromatic heterocycles. The summed E-state index contributed by atoms with van der Waals surface area (Å²) in [7, 11) is 0. The Kier molecular flexibility index (Phi) is 7.47. The highest BCUT2D eigenvalue weighted by molar-refractivity contribution is 7.99.